The summed E-state index contributed by atoms with van der Waals surface area (Å²) >= 11 is 0. The molecule has 4 saturated heterocycles. The number of piperidine rings is 1. The lowest BCUT2D eigenvalue weighted by atomic mass is 9.81. The summed E-state index contributed by atoms with van der Waals surface area (Å²) in [7, 11) is 0. The van der Waals surface area contributed by atoms with Crippen LogP contribution >= 0.6 is 0 Å². The first-order valence-corrected chi connectivity index (χ1v) is 27.0. The number of hydrogen-bond acceptors (Lipinski definition) is 6. The van der Waals surface area contributed by atoms with Gasteiger partial charge < -0.3 is 29.6 Å². The smallest absolute Gasteiger partial charge is 0.227 e. The predicted octanol–water partition coefficient (Wildman–Crippen LogP) is 12.7. The van der Waals surface area contributed by atoms with Crippen LogP contribution in [0.4, 0.5) is 20.2 Å². The summed E-state index contributed by atoms with van der Waals surface area (Å²) in [5.74, 6) is 1.86. The predicted molar refractivity (Wildman–Crippen MR) is 275 cm³/mol. The van der Waals surface area contributed by atoms with E-state index in [9.17, 15) is 9.59 Å². The summed E-state index contributed by atoms with van der Waals surface area (Å²) in [6.45, 7) is 7.05. The molecule has 3 unspecified atom stereocenters. The molecule has 12 heteroatoms. The summed E-state index contributed by atoms with van der Waals surface area (Å²) in [6.07, 6.45) is 19.0. The van der Waals surface area contributed by atoms with Gasteiger partial charge in [-0.2, -0.15) is 0 Å². The first-order chi connectivity index (χ1) is 34.6. The number of benzene rings is 4. The van der Waals surface area contributed by atoms with Crippen molar-refractivity contribution in [2.45, 2.75) is 140 Å². The van der Waals surface area contributed by atoms with Crippen LogP contribution in [-0.2, 0) is 15.1 Å². The third-order valence-corrected chi connectivity index (χ3v) is 18.0. The topological polar surface area (TPSA) is 104 Å². The van der Waals surface area contributed by atoms with Crippen molar-refractivity contribution < 1.29 is 18.4 Å². The highest BCUT2D eigenvalue weighted by molar-refractivity contribution is 5.87. The Morgan fingerprint density at radius 1 is 0.620 bits per heavy atom. The third-order valence-electron chi connectivity index (χ3n) is 18.0. The van der Waals surface area contributed by atoms with Crippen LogP contribution in [0.1, 0.15) is 163 Å². The van der Waals surface area contributed by atoms with E-state index >= 15 is 8.78 Å². The van der Waals surface area contributed by atoms with Gasteiger partial charge in [-0.3, -0.25) is 9.59 Å². The van der Waals surface area contributed by atoms with Gasteiger partial charge in [0.2, 0.25) is 11.8 Å². The number of fused-ring (bicyclic) bond motifs is 2. The van der Waals surface area contributed by atoms with E-state index in [4.69, 9.17) is 9.97 Å². The fourth-order valence-electron chi connectivity index (χ4n) is 13.9. The number of likely N-dealkylation sites (tertiary alicyclic amines) is 2. The molecule has 4 aliphatic heterocycles. The van der Waals surface area contributed by atoms with Gasteiger partial charge in [-0.1, -0.05) is 75.1 Å². The Balaban J connectivity index is 0.878. The lowest BCUT2D eigenvalue weighted by Crippen LogP contribution is -2.43. The molecule has 2 radical (unpaired) electrons. The van der Waals surface area contributed by atoms with Gasteiger partial charge in [0.25, 0.3) is 0 Å². The summed E-state index contributed by atoms with van der Waals surface area (Å²) in [4.78, 5) is 52.9. The van der Waals surface area contributed by atoms with Crippen molar-refractivity contribution in [3.63, 3.8) is 0 Å². The Bertz CT molecular complexity index is 2890. The fourth-order valence-corrected chi connectivity index (χ4v) is 13.9. The van der Waals surface area contributed by atoms with Crippen LogP contribution in [0.3, 0.4) is 0 Å². The quantitative estimate of drug-likeness (QED) is 0.134. The number of nitrogens with zero attached hydrogens (tertiary/aromatic N) is 6. The summed E-state index contributed by atoms with van der Waals surface area (Å²) < 4.78 is 33.9. The zero-order valence-electron chi connectivity index (χ0n) is 41.4. The highest BCUT2D eigenvalue weighted by Crippen LogP contribution is 2.55. The lowest BCUT2D eigenvalue weighted by Gasteiger charge is -2.43. The van der Waals surface area contributed by atoms with Crippen molar-refractivity contribution in [1.29, 1.82) is 0 Å². The molecule has 2 amide bonds. The van der Waals surface area contributed by atoms with Gasteiger partial charge in [0.05, 0.1) is 58.6 Å². The van der Waals surface area contributed by atoms with E-state index in [2.05, 4.69) is 89.4 Å². The first kappa shape index (κ1) is 46.3. The summed E-state index contributed by atoms with van der Waals surface area (Å²) in [5, 5.41) is 0. The zero-order valence-corrected chi connectivity index (χ0v) is 41.4. The van der Waals surface area contributed by atoms with Crippen LogP contribution in [-0.4, -0.2) is 67.7 Å². The molecule has 2 aliphatic carbocycles. The molecule has 2 aromatic heterocycles. The number of aromatic amines is 2. The molecule has 6 heterocycles. The molecule has 4 aromatic carbocycles. The average Bonchev–Trinajstić information content (AvgIpc) is 4.24. The molecule has 6 aromatic rings. The van der Waals surface area contributed by atoms with Crippen molar-refractivity contribution in [1.82, 2.24) is 29.7 Å². The number of halogens is 2. The Morgan fingerprint density at radius 2 is 1.17 bits per heavy atom. The molecule has 0 spiro atoms. The van der Waals surface area contributed by atoms with Gasteiger partial charge in [-0.25, -0.2) is 18.7 Å². The molecular weight excluding hydrogens is 891 g/mol. The van der Waals surface area contributed by atoms with Crippen molar-refractivity contribution in [2.75, 3.05) is 36.0 Å². The van der Waals surface area contributed by atoms with E-state index in [1.54, 1.807) is 12.1 Å². The van der Waals surface area contributed by atoms with Crippen LogP contribution < -0.4 is 9.80 Å². The highest BCUT2D eigenvalue weighted by atomic mass is 19.1. The normalized spacial score (nSPS) is 25.8. The third kappa shape index (κ3) is 8.58. The van der Waals surface area contributed by atoms with Gasteiger partial charge in [0.1, 0.15) is 17.3 Å². The second kappa shape index (κ2) is 19.0. The van der Waals surface area contributed by atoms with E-state index in [1.807, 2.05) is 33.6 Å². The largest absolute Gasteiger partial charge is 0.367 e. The van der Waals surface area contributed by atoms with Gasteiger partial charge >= 0.3 is 0 Å². The number of anilines is 2. The minimum Gasteiger partial charge on any atom is -0.367 e. The molecule has 6 aliphatic rings. The highest BCUT2D eigenvalue weighted by Gasteiger charge is 2.51. The first-order valence-electron chi connectivity index (χ1n) is 27.0. The minimum atomic E-state index is -0.718. The fraction of sp³-hybridized carbons (Fsp3) is 0.492. The van der Waals surface area contributed by atoms with Crippen LogP contribution in [0, 0.1) is 42.2 Å². The van der Waals surface area contributed by atoms with E-state index < -0.39 is 17.2 Å². The maximum Gasteiger partial charge on any atom is 0.227 e. The van der Waals surface area contributed by atoms with Gasteiger partial charge in [-0.05, 0) is 154 Å². The monoisotopic (exact) mass is 959 g/mol. The lowest BCUT2D eigenvalue weighted by molar-refractivity contribution is -0.130. The van der Waals surface area contributed by atoms with Gasteiger partial charge in [-0.15, -0.1) is 0 Å². The minimum absolute atomic E-state index is 0.0415. The number of amides is 2. The van der Waals surface area contributed by atoms with Crippen molar-refractivity contribution in [3.05, 3.63) is 132 Å². The number of rotatable bonds is 11. The maximum atomic E-state index is 17.0. The molecule has 5 atom stereocenters. The second-order valence-corrected chi connectivity index (χ2v) is 22.2. The van der Waals surface area contributed by atoms with E-state index in [0.717, 1.165) is 129 Å². The molecule has 0 bridgehead atoms. The molecule has 71 heavy (non-hydrogen) atoms. The van der Waals surface area contributed by atoms with Gasteiger partial charge in [0, 0.05) is 31.9 Å². The number of aromatic nitrogens is 4. The molecule has 2 saturated carbocycles. The van der Waals surface area contributed by atoms with E-state index in [0.29, 0.717) is 36.5 Å². The summed E-state index contributed by atoms with van der Waals surface area (Å²) in [6, 6.07) is 25.8. The van der Waals surface area contributed by atoms with Crippen LogP contribution in [0.15, 0.2) is 78.9 Å². The number of carbonyl (C=O) groups is 2. The number of hydrogen-bond donors (Lipinski definition) is 2. The second-order valence-electron chi connectivity index (χ2n) is 22.2. The summed E-state index contributed by atoms with van der Waals surface area (Å²) in [5.41, 5.74) is 6.53. The van der Waals surface area contributed by atoms with E-state index in [1.165, 1.54) is 31.2 Å². The molecule has 370 valence electrons. The Hall–Kier alpha value is -5.78. The van der Waals surface area contributed by atoms with Crippen molar-refractivity contribution >= 4 is 45.3 Å². The van der Waals surface area contributed by atoms with Crippen LogP contribution in [0.5, 0.6) is 0 Å². The number of carbonyl (C=O) groups excluding carboxylic acids is 2. The number of imidazole rings is 2. The number of nitrogens with one attached hydrogen (secondary N) is 2. The SMILES string of the molecule is CC1C[C@H](c2ccc3[nH]c(C4CCCN4C(=O)[CH]C4CCCC4)nc3c2)N(c2cc(F)c(N3CCC(c4ccccc4)CC3)c(F)c2)[C@]1(C)c1ccc2[nH]c(C3CCCN3C(=O)[CH]C3CCCC3)nc2c1. The van der Waals surface area contributed by atoms with Crippen molar-refractivity contribution in [2.24, 2.45) is 17.8 Å². The van der Waals surface area contributed by atoms with Crippen LogP contribution in [0.2, 0.25) is 0 Å². The zero-order chi connectivity index (χ0) is 48.4. The molecule has 10 nitrogen and oxygen atoms in total. The Kier molecular flexibility index (Phi) is 12.4. The molecule has 12 rings (SSSR count). The standard InChI is InChI=1S/C59H68F2N8O2/c1-37-30-53(42-20-22-47-49(33-42)64-57(62-47)51-18-10-26-67(51)54(70)31-38-12-6-7-13-38)69(44-35-45(60)56(46(61)36-44)66-28-24-41(25-29-66)40-16-4-3-5-17-40)59(37,2)43-21-23-48-50(34-43)65-58(63-48)52-19-11-27-68(52)55(71)32-39-14-8-9-15-39/h3-5,16-17,20-23,31-39,41,51-53H,6-15,18-19,24-30H2,1-2H3,(H,62,64)(H,63,65)/t37?,51?,52?,53-,59+/m1/s1. The van der Waals surface area contributed by atoms with Gasteiger partial charge in [0.15, 0.2) is 11.6 Å². The van der Waals surface area contributed by atoms with Crippen molar-refractivity contribution in [3.8, 4) is 0 Å². The number of H-pyrrole nitrogens is 2. The molecule has 2 N–H and O–H groups in total. The van der Waals surface area contributed by atoms with E-state index in [-0.39, 0.29) is 41.5 Å². The molecule has 6 fully saturated rings. The Labute approximate surface area is 417 Å². The average molecular weight is 959 g/mol. The maximum absolute atomic E-state index is 17.0. The van der Waals surface area contributed by atoms with Crippen LogP contribution in [0.25, 0.3) is 22.1 Å². The Morgan fingerprint density at radius 3 is 1.75 bits per heavy atom. The molecular formula is C59H68F2N8O2.